The van der Waals surface area contributed by atoms with E-state index in [1.807, 2.05) is 48.3 Å². The van der Waals surface area contributed by atoms with Gasteiger partial charge in [-0.15, -0.1) is 0 Å². The van der Waals surface area contributed by atoms with Gasteiger partial charge < -0.3 is 10.2 Å². The number of rotatable bonds is 4. The third-order valence-electron chi connectivity index (χ3n) is 4.37. The zero-order valence-corrected chi connectivity index (χ0v) is 16.5. The highest BCUT2D eigenvalue weighted by atomic mass is 32.2. The predicted molar refractivity (Wildman–Crippen MR) is 106 cm³/mol. The fourth-order valence-electron chi connectivity index (χ4n) is 3.05. The van der Waals surface area contributed by atoms with E-state index in [1.165, 1.54) is 0 Å². The van der Waals surface area contributed by atoms with Crippen LogP contribution < -0.4 is 10.2 Å². The molecule has 1 unspecified atom stereocenters. The number of hydrogen-bond donors (Lipinski definition) is 1. The van der Waals surface area contributed by atoms with E-state index < -0.39 is 9.84 Å². The van der Waals surface area contributed by atoms with Crippen molar-refractivity contribution in [1.29, 1.82) is 0 Å². The highest BCUT2D eigenvalue weighted by molar-refractivity contribution is 7.91. The first-order valence-electron chi connectivity index (χ1n) is 8.79. The highest BCUT2D eigenvalue weighted by Crippen LogP contribution is 2.27. The molecule has 7 heteroatoms. The van der Waals surface area contributed by atoms with Gasteiger partial charge in [0.25, 0.3) is 0 Å². The topological polar surface area (TPSA) is 75.2 Å². The monoisotopic (exact) mass is 374 g/mol. The lowest BCUT2D eigenvalue weighted by Gasteiger charge is -2.27. The predicted octanol–water partition coefficient (Wildman–Crippen LogP) is 2.98. The smallest absolute Gasteiger partial charge is 0.163 e. The van der Waals surface area contributed by atoms with Crippen LogP contribution in [0.2, 0.25) is 0 Å². The molecule has 1 N–H and O–H groups in total. The van der Waals surface area contributed by atoms with E-state index in [9.17, 15) is 8.42 Å². The minimum atomic E-state index is -2.95. The molecule has 6 nitrogen and oxygen atoms in total. The minimum Gasteiger partial charge on any atom is -0.365 e. The summed E-state index contributed by atoms with van der Waals surface area (Å²) in [5.74, 6) is 2.51. The van der Waals surface area contributed by atoms with Crippen LogP contribution in [0.3, 0.4) is 0 Å². The molecule has 0 bridgehead atoms. The zero-order valence-electron chi connectivity index (χ0n) is 15.7. The van der Waals surface area contributed by atoms with Crippen molar-refractivity contribution in [3.63, 3.8) is 0 Å². The van der Waals surface area contributed by atoms with E-state index in [0.29, 0.717) is 12.2 Å². The summed E-state index contributed by atoms with van der Waals surface area (Å²) < 4.78 is 23.7. The van der Waals surface area contributed by atoms with Crippen molar-refractivity contribution in [1.82, 2.24) is 9.97 Å². The fraction of sp³-hybridized carbons (Fsp3) is 0.474. The average molecular weight is 375 g/mol. The third kappa shape index (κ3) is 4.52. The number of hydrogen-bond acceptors (Lipinski definition) is 6. The van der Waals surface area contributed by atoms with Crippen LogP contribution in [0.5, 0.6) is 0 Å². The van der Waals surface area contributed by atoms with Crippen molar-refractivity contribution < 1.29 is 8.42 Å². The summed E-state index contributed by atoms with van der Waals surface area (Å²) in [6.07, 6.45) is 0.630. The van der Waals surface area contributed by atoms with Gasteiger partial charge in [-0.1, -0.05) is 30.3 Å². The number of sulfone groups is 1. The van der Waals surface area contributed by atoms with Gasteiger partial charge in [-0.25, -0.2) is 18.4 Å². The van der Waals surface area contributed by atoms with Gasteiger partial charge in [0.05, 0.1) is 11.5 Å². The number of anilines is 2. The number of nitrogens with one attached hydrogen (secondary N) is 1. The minimum absolute atomic E-state index is 0.0546. The lowest BCUT2D eigenvalue weighted by atomic mass is 10.1. The SMILES string of the molecule is CN(c1cc(NC(C)(C)C)nc(-c2ccccc2)n1)C1CCS(=O)(=O)C1. The summed E-state index contributed by atoms with van der Waals surface area (Å²) in [5, 5.41) is 3.40. The summed E-state index contributed by atoms with van der Waals surface area (Å²) in [7, 11) is -1.04. The van der Waals surface area contributed by atoms with Crippen molar-refractivity contribution >= 4 is 21.5 Å². The third-order valence-corrected chi connectivity index (χ3v) is 6.12. The number of aromatic nitrogens is 2. The Balaban J connectivity index is 1.99. The van der Waals surface area contributed by atoms with E-state index in [1.54, 1.807) is 0 Å². The quantitative estimate of drug-likeness (QED) is 0.887. The lowest BCUT2D eigenvalue weighted by Crippen LogP contribution is -2.33. The molecule has 1 aromatic heterocycles. The van der Waals surface area contributed by atoms with Crippen LogP contribution in [-0.2, 0) is 9.84 Å². The Morgan fingerprint density at radius 1 is 1.15 bits per heavy atom. The van der Waals surface area contributed by atoms with Crippen molar-refractivity contribution in [3.05, 3.63) is 36.4 Å². The van der Waals surface area contributed by atoms with Crippen molar-refractivity contribution in [2.45, 2.75) is 38.8 Å². The second-order valence-corrected chi connectivity index (χ2v) is 10.1. The maximum absolute atomic E-state index is 11.8. The molecule has 26 heavy (non-hydrogen) atoms. The molecule has 0 aliphatic carbocycles. The van der Waals surface area contributed by atoms with Gasteiger partial charge >= 0.3 is 0 Å². The summed E-state index contributed by atoms with van der Waals surface area (Å²) in [4.78, 5) is 11.3. The van der Waals surface area contributed by atoms with Gasteiger partial charge in [-0.2, -0.15) is 0 Å². The van der Waals surface area contributed by atoms with Gasteiger partial charge in [0, 0.05) is 30.3 Å². The van der Waals surface area contributed by atoms with Crippen LogP contribution in [-0.4, -0.2) is 48.5 Å². The summed E-state index contributed by atoms with van der Waals surface area (Å²) in [6.45, 7) is 6.22. The van der Waals surface area contributed by atoms with E-state index in [2.05, 4.69) is 31.1 Å². The van der Waals surface area contributed by atoms with Crippen LogP contribution >= 0.6 is 0 Å². The van der Waals surface area contributed by atoms with Crippen LogP contribution in [0.1, 0.15) is 27.2 Å². The Morgan fingerprint density at radius 3 is 2.42 bits per heavy atom. The Bertz CT molecular complexity index is 876. The molecule has 1 fully saturated rings. The fourth-order valence-corrected chi connectivity index (χ4v) is 4.82. The standard InChI is InChI=1S/C19H26N4O2S/c1-19(2,3)22-16-12-17(23(4)15-10-11-26(24,25)13-15)21-18(20-16)14-8-6-5-7-9-14/h5-9,12,15H,10-11,13H2,1-4H3,(H,20,21,22). The molecule has 140 valence electrons. The first-order valence-corrected chi connectivity index (χ1v) is 10.6. The summed E-state index contributed by atoms with van der Waals surface area (Å²) >= 11 is 0. The Morgan fingerprint density at radius 2 is 1.85 bits per heavy atom. The van der Waals surface area contributed by atoms with Crippen molar-refractivity contribution in [2.24, 2.45) is 0 Å². The van der Waals surface area contributed by atoms with Gasteiger partial charge in [0.1, 0.15) is 11.6 Å². The summed E-state index contributed by atoms with van der Waals surface area (Å²) in [6, 6.07) is 11.6. The van der Waals surface area contributed by atoms with Crippen LogP contribution in [0.4, 0.5) is 11.6 Å². The molecule has 2 heterocycles. The molecule has 3 rings (SSSR count). The van der Waals surface area contributed by atoms with Crippen LogP contribution in [0.25, 0.3) is 11.4 Å². The molecule has 2 aromatic rings. The molecular formula is C19H26N4O2S. The largest absolute Gasteiger partial charge is 0.365 e. The molecule has 1 atom stereocenters. The first kappa shape index (κ1) is 18.6. The molecule has 0 radical (unpaired) electrons. The molecule has 1 aliphatic heterocycles. The van der Waals surface area contributed by atoms with Crippen molar-refractivity contribution in [3.8, 4) is 11.4 Å². The maximum Gasteiger partial charge on any atom is 0.163 e. The number of nitrogens with zero attached hydrogens (tertiary/aromatic N) is 3. The highest BCUT2D eigenvalue weighted by Gasteiger charge is 2.31. The Hall–Kier alpha value is -2.15. The zero-order chi connectivity index (χ0) is 18.9. The first-order chi connectivity index (χ1) is 12.1. The van der Waals surface area contributed by atoms with E-state index in [0.717, 1.165) is 17.2 Å². The lowest BCUT2D eigenvalue weighted by molar-refractivity contribution is 0.600. The molecule has 1 aromatic carbocycles. The van der Waals surface area contributed by atoms with Gasteiger partial charge in [0.2, 0.25) is 0 Å². The number of benzene rings is 1. The Labute approximate surface area is 155 Å². The molecule has 0 amide bonds. The van der Waals surface area contributed by atoms with Crippen LogP contribution in [0, 0.1) is 0 Å². The van der Waals surface area contributed by atoms with Gasteiger partial charge in [0.15, 0.2) is 15.7 Å². The molecule has 1 saturated heterocycles. The van der Waals surface area contributed by atoms with Gasteiger partial charge in [-0.05, 0) is 27.2 Å². The van der Waals surface area contributed by atoms with E-state index in [-0.39, 0.29) is 23.1 Å². The van der Waals surface area contributed by atoms with E-state index in [4.69, 9.17) is 4.98 Å². The maximum atomic E-state index is 11.8. The second kappa shape index (κ2) is 6.87. The van der Waals surface area contributed by atoms with Crippen molar-refractivity contribution in [2.75, 3.05) is 28.8 Å². The molecular weight excluding hydrogens is 348 g/mol. The Kier molecular flexibility index (Phi) is 4.92. The molecule has 0 spiro atoms. The summed E-state index contributed by atoms with van der Waals surface area (Å²) in [5.41, 5.74) is 0.785. The normalized spacial score (nSPS) is 19.3. The van der Waals surface area contributed by atoms with E-state index >= 15 is 0 Å². The average Bonchev–Trinajstić information content (AvgIpc) is 2.93. The van der Waals surface area contributed by atoms with Gasteiger partial charge in [-0.3, -0.25) is 0 Å². The molecule has 0 saturated carbocycles. The second-order valence-electron chi connectivity index (χ2n) is 7.84. The molecule has 1 aliphatic rings. The van der Waals surface area contributed by atoms with Crippen LogP contribution in [0.15, 0.2) is 36.4 Å².